The Hall–Kier alpha value is -0.570. The van der Waals surface area contributed by atoms with Crippen molar-refractivity contribution >= 4 is 5.97 Å². The van der Waals surface area contributed by atoms with Gasteiger partial charge >= 0.3 is 5.97 Å². The fraction of sp³-hybridized carbons (Fsp3) is 0.889. The molecule has 0 heterocycles. The molecule has 0 aromatic heterocycles. The number of aliphatic hydroxyl groups excluding tert-OH is 1. The van der Waals surface area contributed by atoms with E-state index in [1.54, 1.807) is 0 Å². The third kappa shape index (κ3) is 3.22. The Kier molecular flexibility index (Phi) is 3.53. The molecule has 0 aromatic carbocycles. The van der Waals surface area contributed by atoms with Crippen LogP contribution in [-0.4, -0.2) is 22.3 Å². The fourth-order valence-corrected chi connectivity index (χ4v) is 1.92. The standard InChI is InChI=1S/C9H16O3/c10-8(6-9(11)12)5-7-3-1-2-4-7/h7-8,10H,1-6H2,(H,11,12)/t8-/m0/s1. The van der Waals surface area contributed by atoms with Crippen LogP contribution in [0.3, 0.4) is 0 Å². The van der Waals surface area contributed by atoms with Gasteiger partial charge < -0.3 is 10.2 Å². The highest BCUT2D eigenvalue weighted by molar-refractivity contribution is 5.67. The smallest absolute Gasteiger partial charge is 0.305 e. The van der Waals surface area contributed by atoms with Crippen molar-refractivity contribution in [1.29, 1.82) is 0 Å². The lowest BCUT2D eigenvalue weighted by Gasteiger charge is -2.12. The number of carboxylic acids is 1. The lowest BCUT2D eigenvalue weighted by atomic mass is 9.98. The van der Waals surface area contributed by atoms with Gasteiger partial charge in [-0.2, -0.15) is 0 Å². The zero-order valence-corrected chi connectivity index (χ0v) is 7.20. The lowest BCUT2D eigenvalue weighted by molar-refractivity contribution is -0.139. The highest BCUT2D eigenvalue weighted by atomic mass is 16.4. The minimum atomic E-state index is -0.902. The third-order valence-corrected chi connectivity index (χ3v) is 2.49. The molecule has 70 valence electrons. The van der Waals surface area contributed by atoms with Crippen molar-refractivity contribution in [1.82, 2.24) is 0 Å². The van der Waals surface area contributed by atoms with E-state index < -0.39 is 12.1 Å². The largest absolute Gasteiger partial charge is 0.481 e. The van der Waals surface area contributed by atoms with Gasteiger partial charge in [-0.1, -0.05) is 25.7 Å². The molecule has 1 aliphatic rings. The van der Waals surface area contributed by atoms with Crippen LogP contribution in [0.1, 0.15) is 38.5 Å². The molecule has 3 heteroatoms. The first kappa shape index (κ1) is 9.52. The van der Waals surface area contributed by atoms with Gasteiger partial charge in [0.2, 0.25) is 0 Å². The molecule has 0 bridgehead atoms. The zero-order chi connectivity index (χ0) is 8.97. The van der Waals surface area contributed by atoms with Crippen molar-refractivity contribution in [3.63, 3.8) is 0 Å². The van der Waals surface area contributed by atoms with Crippen molar-refractivity contribution in [2.45, 2.75) is 44.6 Å². The van der Waals surface area contributed by atoms with E-state index >= 15 is 0 Å². The predicted molar refractivity (Wildman–Crippen MR) is 44.8 cm³/mol. The molecule has 12 heavy (non-hydrogen) atoms. The Morgan fingerprint density at radius 1 is 1.42 bits per heavy atom. The highest BCUT2D eigenvalue weighted by Crippen LogP contribution is 2.28. The van der Waals surface area contributed by atoms with Gasteiger partial charge in [-0.3, -0.25) is 4.79 Å². The molecule has 0 unspecified atom stereocenters. The van der Waals surface area contributed by atoms with Crippen molar-refractivity contribution < 1.29 is 15.0 Å². The van der Waals surface area contributed by atoms with Crippen LogP contribution in [0.5, 0.6) is 0 Å². The Morgan fingerprint density at radius 2 is 2.00 bits per heavy atom. The van der Waals surface area contributed by atoms with Crippen LogP contribution in [0, 0.1) is 5.92 Å². The summed E-state index contributed by atoms with van der Waals surface area (Å²) in [6, 6.07) is 0. The van der Waals surface area contributed by atoms with Crippen LogP contribution in [0.15, 0.2) is 0 Å². The molecule has 1 rings (SSSR count). The number of rotatable bonds is 4. The minimum Gasteiger partial charge on any atom is -0.481 e. The van der Waals surface area contributed by atoms with E-state index in [0.29, 0.717) is 12.3 Å². The average Bonchev–Trinajstić information content (AvgIpc) is 2.37. The Bertz CT molecular complexity index is 150. The van der Waals surface area contributed by atoms with E-state index in [1.807, 2.05) is 0 Å². The first-order chi connectivity index (χ1) is 5.68. The molecule has 0 aliphatic heterocycles. The van der Waals surface area contributed by atoms with Gasteiger partial charge in [-0.25, -0.2) is 0 Å². The maximum absolute atomic E-state index is 10.2. The Balaban J connectivity index is 2.16. The highest BCUT2D eigenvalue weighted by Gasteiger charge is 2.19. The van der Waals surface area contributed by atoms with E-state index in [0.717, 1.165) is 12.8 Å². The number of aliphatic carboxylic acids is 1. The van der Waals surface area contributed by atoms with Gasteiger partial charge in [0.05, 0.1) is 12.5 Å². The van der Waals surface area contributed by atoms with E-state index in [1.165, 1.54) is 12.8 Å². The van der Waals surface area contributed by atoms with Crippen LogP contribution in [0.4, 0.5) is 0 Å². The fourth-order valence-electron chi connectivity index (χ4n) is 1.92. The quantitative estimate of drug-likeness (QED) is 0.674. The van der Waals surface area contributed by atoms with E-state index in [-0.39, 0.29) is 6.42 Å². The summed E-state index contributed by atoms with van der Waals surface area (Å²) in [6.45, 7) is 0. The molecule has 3 nitrogen and oxygen atoms in total. The first-order valence-electron chi connectivity index (χ1n) is 4.58. The minimum absolute atomic E-state index is 0.101. The van der Waals surface area contributed by atoms with Crippen molar-refractivity contribution in [3.05, 3.63) is 0 Å². The maximum Gasteiger partial charge on any atom is 0.305 e. The van der Waals surface area contributed by atoms with Gasteiger partial charge in [0.25, 0.3) is 0 Å². The van der Waals surface area contributed by atoms with Gasteiger partial charge in [0, 0.05) is 0 Å². The van der Waals surface area contributed by atoms with Crippen LogP contribution in [-0.2, 0) is 4.79 Å². The molecule has 2 N–H and O–H groups in total. The summed E-state index contributed by atoms with van der Waals surface area (Å²) in [7, 11) is 0. The maximum atomic E-state index is 10.2. The first-order valence-corrected chi connectivity index (χ1v) is 4.58. The lowest BCUT2D eigenvalue weighted by Crippen LogP contribution is -2.16. The number of hydrogen-bond acceptors (Lipinski definition) is 2. The van der Waals surface area contributed by atoms with Crippen LogP contribution < -0.4 is 0 Å². The van der Waals surface area contributed by atoms with E-state index in [9.17, 15) is 9.90 Å². The van der Waals surface area contributed by atoms with Crippen molar-refractivity contribution in [2.75, 3.05) is 0 Å². The summed E-state index contributed by atoms with van der Waals surface area (Å²) in [5, 5.41) is 17.7. The molecule has 0 spiro atoms. The average molecular weight is 172 g/mol. The van der Waals surface area contributed by atoms with Crippen LogP contribution in [0.25, 0.3) is 0 Å². The number of carbonyl (C=O) groups is 1. The summed E-state index contributed by atoms with van der Waals surface area (Å²) >= 11 is 0. The summed E-state index contributed by atoms with van der Waals surface area (Å²) in [6.07, 6.45) is 4.75. The van der Waals surface area contributed by atoms with E-state index in [4.69, 9.17) is 5.11 Å². The summed E-state index contributed by atoms with van der Waals surface area (Å²) < 4.78 is 0. The van der Waals surface area contributed by atoms with E-state index in [2.05, 4.69) is 0 Å². The molecule has 1 fully saturated rings. The number of aliphatic hydroxyl groups is 1. The Morgan fingerprint density at radius 3 is 2.50 bits per heavy atom. The SMILES string of the molecule is O=C(O)C[C@@H](O)CC1CCCC1. The number of carboxylic acid groups (broad SMARTS) is 1. The zero-order valence-electron chi connectivity index (χ0n) is 7.20. The molecule has 0 aromatic rings. The van der Waals surface area contributed by atoms with Gasteiger partial charge in [0.1, 0.15) is 0 Å². The van der Waals surface area contributed by atoms with Crippen molar-refractivity contribution in [2.24, 2.45) is 5.92 Å². The summed E-state index contributed by atoms with van der Waals surface area (Å²) in [5.74, 6) is -0.333. The van der Waals surface area contributed by atoms with Crippen molar-refractivity contribution in [3.8, 4) is 0 Å². The van der Waals surface area contributed by atoms with Gasteiger partial charge in [-0.15, -0.1) is 0 Å². The summed E-state index contributed by atoms with van der Waals surface area (Å²) in [4.78, 5) is 10.2. The number of hydrogen-bond donors (Lipinski definition) is 2. The molecule has 1 atom stereocenters. The molecular formula is C9H16O3. The summed E-state index contributed by atoms with van der Waals surface area (Å²) in [5.41, 5.74) is 0. The second-order valence-corrected chi connectivity index (χ2v) is 3.64. The van der Waals surface area contributed by atoms with Crippen LogP contribution >= 0.6 is 0 Å². The normalized spacial score (nSPS) is 21.1. The topological polar surface area (TPSA) is 57.5 Å². The van der Waals surface area contributed by atoms with Crippen LogP contribution in [0.2, 0.25) is 0 Å². The van der Waals surface area contributed by atoms with Gasteiger partial charge in [-0.05, 0) is 12.3 Å². The second kappa shape index (κ2) is 4.45. The molecular weight excluding hydrogens is 156 g/mol. The van der Waals surface area contributed by atoms with Gasteiger partial charge in [0.15, 0.2) is 0 Å². The Labute approximate surface area is 72.4 Å². The third-order valence-electron chi connectivity index (χ3n) is 2.49. The molecule has 0 amide bonds. The predicted octanol–water partition coefficient (Wildman–Crippen LogP) is 1.40. The molecule has 1 aliphatic carbocycles. The molecule has 0 saturated heterocycles. The second-order valence-electron chi connectivity index (χ2n) is 3.64. The monoisotopic (exact) mass is 172 g/mol. The molecule has 0 radical (unpaired) electrons. The molecule has 1 saturated carbocycles.